The number of thioether (sulfide) groups is 1. The smallest absolute Gasteiger partial charge is 0.293 e. The highest BCUT2D eigenvalue weighted by Gasteiger charge is 2.37. The Balaban J connectivity index is 2.40. The van der Waals surface area contributed by atoms with Crippen LogP contribution in [0.4, 0.5) is 4.79 Å². The second-order valence-electron chi connectivity index (χ2n) is 4.63. The van der Waals surface area contributed by atoms with Gasteiger partial charge in [-0.15, -0.1) is 0 Å². The van der Waals surface area contributed by atoms with Crippen molar-refractivity contribution in [1.29, 1.82) is 0 Å². The lowest BCUT2D eigenvalue weighted by Crippen LogP contribution is -2.36. The molecule has 1 aromatic carbocycles. The zero-order valence-corrected chi connectivity index (χ0v) is 15.4. The van der Waals surface area contributed by atoms with Crippen molar-refractivity contribution in [1.82, 2.24) is 4.90 Å². The molecule has 0 unspecified atom stereocenters. The number of hydrogen-bond acceptors (Lipinski definition) is 4. The Kier molecular flexibility index (Phi) is 5.16. The fourth-order valence-corrected chi connectivity index (χ4v) is 4.06. The second-order valence-corrected chi connectivity index (χ2v) is 7.40. The standard InChI is InChI=1S/C14H13Br2NO3S/c1-3-7(2)17-13(19)11(21-14(17)20)5-8-4-9(15)6-10(16)12(8)18/h4-7,18H,3H2,1-2H3/b11-5+/t7-/m0/s1. The third-order valence-corrected chi connectivity index (χ3v) is 5.15. The lowest BCUT2D eigenvalue weighted by atomic mass is 10.1. The minimum atomic E-state index is -0.310. The maximum absolute atomic E-state index is 12.3. The maximum Gasteiger partial charge on any atom is 0.293 e. The number of phenols is 1. The fraction of sp³-hybridized carbons (Fsp3) is 0.286. The Morgan fingerprint density at radius 1 is 1.38 bits per heavy atom. The number of phenolic OH excluding ortho intramolecular Hbond substituents is 1. The maximum atomic E-state index is 12.3. The van der Waals surface area contributed by atoms with Crippen LogP contribution in [0.2, 0.25) is 0 Å². The molecule has 1 saturated heterocycles. The van der Waals surface area contributed by atoms with Gasteiger partial charge in [-0.25, -0.2) is 0 Å². The summed E-state index contributed by atoms with van der Waals surface area (Å²) >= 11 is 7.47. The monoisotopic (exact) mass is 433 g/mol. The summed E-state index contributed by atoms with van der Waals surface area (Å²) in [4.78, 5) is 25.8. The van der Waals surface area contributed by atoms with Crippen molar-refractivity contribution in [3.63, 3.8) is 0 Å². The van der Waals surface area contributed by atoms with Crippen molar-refractivity contribution in [3.05, 3.63) is 31.5 Å². The first kappa shape index (κ1) is 16.6. The number of carbonyl (C=O) groups is 2. The van der Waals surface area contributed by atoms with Gasteiger partial charge in [0, 0.05) is 16.1 Å². The van der Waals surface area contributed by atoms with Crippen molar-refractivity contribution >= 4 is 60.8 Å². The van der Waals surface area contributed by atoms with Crippen molar-refractivity contribution in [3.8, 4) is 5.75 Å². The van der Waals surface area contributed by atoms with E-state index < -0.39 is 0 Å². The van der Waals surface area contributed by atoms with Crippen molar-refractivity contribution < 1.29 is 14.7 Å². The molecule has 4 nitrogen and oxygen atoms in total. The number of aromatic hydroxyl groups is 1. The van der Waals surface area contributed by atoms with E-state index in [-0.39, 0.29) is 22.9 Å². The third-order valence-electron chi connectivity index (χ3n) is 3.20. The van der Waals surface area contributed by atoms with Gasteiger partial charge in [0.25, 0.3) is 11.1 Å². The van der Waals surface area contributed by atoms with Crippen LogP contribution in [0, 0.1) is 0 Å². The molecule has 1 aromatic rings. The van der Waals surface area contributed by atoms with Crippen LogP contribution in [0.3, 0.4) is 0 Å². The number of amides is 2. The predicted molar refractivity (Wildman–Crippen MR) is 91.1 cm³/mol. The summed E-state index contributed by atoms with van der Waals surface area (Å²) in [5.41, 5.74) is 0.478. The van der Waals surface area contributed by atoms with Crippen LogP contribution >= 0.6 is 43.6 Å². The molecule has 1 heterocycles. The van der Waals surface area contributed by atoms with Gasteiger partial charge in [0.05, 0.1) is 9.38 Å². The minimum Gasteiger partial charge on any atom is -0.506 e. The highest BCUT2D eigenvalue weighted by atomic mass is 79.9. The average Bonchev–Trinajstić information content (AvgIpc) is 2.69. The van der Waals surface area contributed by atoms with Gasteiger partial charge in [-0.1, -0.05) is 22.9 Å². The number of imide groups is 1. The summed E-state index contributed by atoms with van der Waals surface area (Å²) < 4.78 is 1.28. The molecular formula is C14H13Br2NO3S. The first-order valence-corrected chi connectivity index (χ1v) is 8.70. The van der Waals surface area contributed by atoms with E-state index in [0.717, 1.165) is 16.2 Å². The number of hydrogen-bond donors (Lipinski definition) is 1. The molecule has 1 N–H and O–H groups in total. The molecule has 1 fully saturated rings. The Morgan fingerprint density at radius 3 is 2.67 bits per heavy atom. The van der Waals surface area contributed by atoms with Crippen LogP contribution in [-0.2, 0) is 4.79 Å². The van der Waals surface area contributed by atoms with Gasteiger partial charge in [0.2, 0.25) is 0 Å². The molecule has 2 amide bonds. The van der Waals surface area contributed by atoms with Crippen LogP contribution in [0.5, 0.6) is 5.75 Å². The first-order chi connectivity index (χ1) is 9.85. The van der Waals surface area contributed by atoms with E-state index in [1.165, 1.54) is 11.0 Å². The predicted octanol–water partition coefficient (Wildman–Crippen LogP) is 4.75. The number of nitrogens with zero attached hydrogens (tertiary/aromatic N) is 1. The van der Waals surface area contributed by atoms with Crippen LogP contribution in [0.15, 0.2) is 26.0 Å². The molecule has 2 rings (SSSR count). The SMILES string of the molecule is CC[C@H](C)N1C(=O)S/C(=C/c2cc(Br)cc(Br)c2O)C1=O. The molecule has 1 aliphatic heterocycles. The van der Waals surface area contributed by atoms with Gasteiger partial charge in [0.1, 0.15) is 5.75 Å². The molecule has 0 aliphatic carbocycles. The van der Waals surface area contributed by atoms with E-state index in [4.69, 9.17) is 0 Å². The van der Waals surface area contributed by atoms with E-state index in [2.05, 4.69) is 31.9 Å². The third kappa shape index (κ3) is 3.35. The van der Waals surface area contributed by atoms with Crippen LogP contribution < -0.4 is 0 Å². The zero-order valence-electron chi connectivity index (χ0n) is 11.4. The molecule has 21 heavy (non-hydrogen) atoms. The summed E-state index contributed by atoms with van der Waals surface area (Å²) in [5, 5.41) is 9.76. The second kappa shape index (κ2) is 6.54. The molecule has 0 radical (unpaired) electrons. The molecule has 7 heteroatoms. The summed E-state index contributed by atoms with van der Waals surface area (Å²) in [6.45, 7) is 3.77. The average molecular weight is 435 g/mol. The molecule has 112 valence electrons. The van der Waals surface area contributed by atoms with E-state index in [9.17, 15) is 14.7 Å². The molecule has 0 saturated carbocycles. The minimum absolute atomic E-state index is 0.0357. The van der Waals surface area contributed by atoms with Crippen LogP contribution in [0.25, 0.3) is 6.08 Å². The van der Waals surface area contributed by atoms with Gasteiger partial charge >= 0.3 is 0 Å². The molecule has 0 aromatic heterocycles. The van der Waals surface area contributed by atoms with Crippen LogP contribution in [0.1, 0.15) is 25.8 Å². The van der Waals surface area contributed by atoms with Gasteiger partial charge in [0.15, 0.2) is 0 Å². The highest BCUT2D eigenvalue weighted by Crippen LogP contribution is 2.38. The van der Waals surface area contributed by atoms with Crippen molar-refractivity contribution in [2.45, 2.75) is 26.3 Å². The Morgan fingerprint density at radius 2 is 2.05 bits per heavy atom. The van der Waals surface area contributed by atoms with E-state index in [1.54, 1.807) is 12.1 Å². The number of rotatable bonds is 3. The molecule has 0 bridgehead atoms. The van der Waals surface area contributed by atoms with E-state index in [0.29, 0.717) is 21.4 Å². The Hall–Kier alpha value is -0.790. The van der Waals surface area contributed by atoms with E-state index >= 15 is 0 Å². The quantitative estimate of drug-likeness (QED) is 0.697. The molecule has 1 atom stereocenters. The summed E-state index contributed by atoms with van der Waals surface area (Å²) in [6.07, 6.45) is 2.25. The summed E-state index contributed by atoms with van der Waals surface area (Å²) in [7, 11) is 0. The van der Waals surface area contributed by atoms with Gasteiger partial charge < -0.3 is 5.11 Å². The Labute approximate surface area is 143 Å². The Bertz CT molecular complexity index is 645. The number of benzene rings is 1. The lowest BCUT2D eigenvalue weighted by Gasteiger charge is -2.19. The number of halogens is 2. The largest absolute Gasteiger partial charge is 0.506 e. The summed E-state index contributed by atoms with van der Waals surface area (Å²) in [5.74, 6) is -0.275. The van der Waals surface area contributed by atoms with Gasteiger partial charge in [-0.3, -0.25) is 14.5 Å². The summed E-state index contributed by atoms with van der Waals surface area (Å²) in [6, 6.07) is 3.26. The first-order valence-electron chi connectivity index (χ1n) is 6.30. The van der Waals surface area contributed by atoms with Gasteiger partial charge in [-0.05, 0) is 59.2 Å². The topological polar surface area (TPSA) is 57.6 Å². The lowest BCUT2D eigenvalue weighted by molar-refractivity contribution is -0.124. The zero-order chi connectivity index (χ0) is 15.7. The molecular weight excluding hydrogens is 422 g/mol. The van der Waals surface area contributed by atoms with E-state index in [1.807, 2.05) is 13.8 Å². The van der Waals surface area contributed by atoms with Crippen molar-refractivity contribution in [2.75, 3.05) is 0 Å². The highest BCUT2D eigenvalue weighted by molar-refractivity contribution is 9.11. The normalized spacial score (nSPS) is 18.7. The number of carbonyl (C=O) groups excluding carboxylic acids is 2. The van der Waals surface area contributed by atoms with Gasteiger partial charge in [-0.2, -0.15) is 0 Å². The van der Waals surface area contributed by atoms with Crippen LogP contribution in [-0.4, -0.2) is 27.2 Å². The molecule has 0 spiro atoms. The van der Waals surface area contributed by atoms with Crippen molar-refractivity contribution in [2.24, 2.45) is 0 Å². The molecule has 1 aliphatic rings. The fourth-order valence-electron chi connectivity index (χ4n) is 1.88.